The first-order chi connectivity index (χ1) is 15.9. The van der Waals surface area contributed by atoms with E-state index in [4.69, 9.17) is 5.26 Å². The van der Waals surface area contributed by atoms with Crippen molar-refractivity contribution in [2.45, 2.75) is 51.6 Å². The normalized spacial score (nSPS) is 15.4. The number of rotatable bonds is 8. The van der Waals surface area contributed by atoms with E-state index >= 15 is 0 Å². The molecule has 2 aromatic carbocycles. The number of aromatic hydroxyl groups is 1. The molecule has 1 saturated heterocycles. The number of nitrogens with one attached hydrogen (secondary N) is 1. The zero-order valence-corrected chi connectivity index (χ0v) is 19.3. The molecule has 7 heteroatoms. The summed E-state index contributed by atoms with van der Waals surface area (Å²) >= 11 is 0. The van der Waals surface area contributed by atoms with Crippen molar-refractivity contribution >= 4 is 17.5 Å². The summed E-state index contributed by atoms with van der Waals surface area (Å²) in [5, 5.41) is 21.5. The van der Waals surface area contributed by atoms with Crippen LogP contribution in [0.3, 0.4) is 0 Å². The quantitative estimate of drug-likeness (QED) is 0.647. The van der Waals surface area contributed by atoms with Gasteiger partial charge in [0.25, 0.3) is 0 Å². The number of aryl methyl sites for hydroxylation is 1. The fraction of sp³-hybridized carbons (Fsp3) is 0.423. The molecule has 1 unspecified atom stereocenters. The number of benzene rings is 2. The van der Waals surface area contributed by atoms with Gasteiger partial charge in [0.1, 0.15) is 5.75 Å². The summed E-state index contributed by atoms with van der Waals surface area (Å²) < 4.78 is 0. The van der Waals surface area contributed by atoms with E-state index in [2.05, 4.69) is 16.3 Å². The van der Waals surface area contributed by atoms with E-state index in [9.17, 15) is 14.7 Å². The molecular formula is C26H32N4O3. The number of nitriles is 1. The van der Waals surface area contributed by atoms with Crippen LogP contribution in [0, 0.1) is 18.3 Å². The lowest BCUT2D eigenvalue weighted by atomic mass is 10.0. The van der Waals surface area contributed by atoms with Gasteiger partial charge in [-0.15, -0.1) is 0 Å². The molecule has 174 valence electrons. The summed E-state index contributed by atoms with van der Waals surface area (Å²) in [7, 11) is 0. The van der Waals surface area contributed by atoms with E-state index in [-0.39, 0.29) is 42.5 Å². The van der Waals surface area contributed by atoms with Crippen LogP contribution in [-0.2, 0) is 16.0 Å². The number of anilines is 1. The Morgan fingerprint density at radius 1 is 1.15 bits per heavy atom. The van der Waals surface area contributed by atoms with Crippen LogP contribution in [0.5, 0.6) is 5.75 Å². The van der Waals surface area contributed by atoms with Crippen LogP contribution in [0.15, 0.2) is 48.5 Å². The maximum Gasteiger partial charge on any atom is 0.244 e. The van der Waals surface area contributed by atoms with E-state index < -0.39 is 0 Å². The number of phenols is 1. The SMILES string of the molecule is Cc1ccc(N(CCC#N)C(=O)C(C)N2CCC(NC(=O)Cc3ccc(O)cc3)CC2)cc1. The zero-order valence-electron chi connectivity index (χ0n) is 19.3. The van der Waals surface area contributed by atoms with E-state index in [1.165, 1.54) is 0 Å². The number of piperidine rings is 1. The Bertz CT molecular complexity index is 974. The molecule has 1 aliphatic rings. The Morgan fingerprint density at radius 2 is 1.79 bits per heavy atom. The van der Waals surface area contributed by atoms with Gasteiger partial charge >= 0.3 is 0 Å². The molecule has 1 heterocycles. The third-order valence-corrected chi connectivity index (χ3v) is 6.16. The third-order valence-electron chi connectivity index (χ3n) is 6.16. The monoisotopic (exact) mass is 448 g/mol. The predicted octanol–water partition coefficient (Wildman–Crippen LogP) is 3.16. The average molecular weight is 449 g/mol. The molecule has 2 N–H and O–H groups in total. The molecule has 0 bridgehead atoms. The highest BCUT2D eigenvalue weighted by molar-refractivity contribution is 5.97. The van der Waals surface area contributed by atoms with Crippen LogP contribution < -0.4 is 10.2 Å². The first-order valence-corrected chi connectivity index (χ1v) is 11.4. The Morgan fingerprint density at radius 3 is 2.39 bits per heavy atom. The van der Waals surface area contributed by atoms with E-state index in [0.717, 1.165) is 42.7 Å². The highest BCUT2D eigenvalue weighted by atomic mass is 16.3. The van der Waals surface area contributed by atoms with Crippen LogP contribution in [0.1, 0.15) is 37.3 Å². The van der Waals surface area contributed by atoms with Crippen LogP contribution >= 0.6 is 0 Å². The Balaban J connectivity index is 1.53. The molecule has 0 aliphatic carbocycles. The lowest BCUT2D eigenvalue weighted by Gasteiger charge is -2.37. The van der Waals surface area contributed by atoms with Gasteiger partial charge in [0.05, 0.1) is 25.0 Å². The van der Waals surface area contributed by atoms with Gasteiger partial charge in [0.15, 0.2) is 0 Å². The molecule has 2 aromatic rings. The molecule has 0 spiro atoms. The van der Waals surface area contributed by atoms with Crippen molar-refractivity contribution in [3.05, 3.63) is 59.7 Å². The van der Waals surface area contributed by atoms with Crippen molar-refractivity contribution in [1.29, 1.82) is 5.26 Å². The van der Waals surface area contributed by atoms with Crippen LogP contribution in [0.2, 0.25) is 0 Å². The minimum atomic E-state index is -0.307. The lowest BCUT2D eigenvalue weighted by molar-refractivity contribution is -0.125. The fourth-order valence-electron chi connectivity index (χ4n) is 4.14. The second kappa shape index (κ2) is 11.5. The molecule has 7 nitrogen and oxygen atoms in total. The van der Waals surface area contributed by atoms with Gasteiger partial charge in [-0.05, 0) is 56.5 Å². The highest BCUT2D eigenvalue weighted by Crippen LogP contribution is 2.20. The molecule has 1 fully saturated rings. The number of nitrogens with zero attached hydrogens (tertiary/aromatic N) is 3. The molecule has 2 amide bonds. The molecule has 1 aliphatic heterocycles. The number of hydrogen-bond donors (Lipinski definition) is 2. The lowest BCUT2D eigenvalue weighted by Crippen LogP contribution is -2.53. The second-order valence-electron chi connectivity index (χ2n) is 8.63. The Hall–Kier alpha value is -3.37. The summed E-state index contributed by atoms with van der Waals surface area (Å²) in [5.41, 5.74) is 2.79. The van der Waals surface area contributed by atoms with Gasteiger partial charge in [-0.2, -0.15) is 5.26 Å². The summed E-state index contributed by atoms with van der Waals surface area (Å²) in [4.78, 5) is 29.6. The van der Waals surface area contributed by atoms with Gasteiger partial charge in [-0.1, -0.05) is 29.8 Å². The number of carbonyl (C=O) groups excluding carboxylic acids is 2. The van der Waals surface area contributed by atoms with Crippen LogP contribution in [0.4, 0.5) is 5.69 Å². The molecule has 0 saturated carbocycles. The van der Waals surface area contributed by atoms with Crippen molar-refractivity contribution in [3.8, 4) is 11.8 Å². The minimum Gasteiger partial charge on any atom is -0.508 e. The molecule has 0 radical (unpaired) electrons. The summed E-state index contributed by atoms with van der Waals surface area (Å²) in [5.74, 6) is 0.137. The average Bonchev–Trinajstić information content (AvgIpc) is 2.81. The van der Waals surface area contributed by atoms with E-state index in [0.29, 0.717) is 6.54 Å². The standard InChI is InChI=1S/C26H32N4O3/c1-19-4-8-23(9-5-19)30(15-3-14-27)26(33)20(2)29-16-12-22(13-17-29)28-25(32)18-21-6-10-24(31)11-7-21/h4-11,20,22,31H,3,12-13,15-18H2,1-2H3,(H,28,32). The first-order valence-electron chi connectivity index (χ1n) is 11.4. The summed E-state index contributed by atoms with van der Waals surface area (Å²) in [6.45, 7) is 5.72. The number of amides is 2. The van der Waals surface area contributed by atoms with Crippen LogP contribution in [-0.4, -0.2) is 53.5 Å². The van der Waals surface area contributed by atoms with Gasteiger partial charge in [-0.3, -0.25) is 14.5 Å². The maximum atomic E-state index is 13.3. The largest absolute Gasteiger partial charge is 0.508 e. The summed E-state index contributed by atoms with van der Waals surface area (Å²) in [6.07, 6.45) is 2.12. The topological polar surface area (TPSA) is 96.7 Å². The van der Waals surface area contributed by atoms with Gasteiger partial charge in [-0.25, -0.2) is 0 Å². The molecule has 3 rings (SSSR count). The Kier molecular flexibility index (Phi) is 8.45. The van der Waals surface area contributed by atoms with Crippen molar-refractivity contribution in [2.24, 2.45) is 0 Å². The number of carbonyl (C=O) groups is 2. The van der Waals surface area contributed by atoms with Crippen molar-refractivity contribution in [2.75, 3.05) is 24.5 Å². The van der Waals surface area contributed by atoms with Gasteiger partial charge < -0.3 is 15.3 Å². The van der Waals surface area contributed by atoms with Crippen molar-refractivity contribution < 1.29 is 14.7 Å². The molecule has 0 aromatic heterocycles. The van der Waals surface area contributed by atoms with Crippen molar-refractivity contribution in [3.63, 3.8) is 0 Å². The second-order valence-corrected chi connectivity index (χ2v) is 8.63. The van der Waals surface area contributed by atoms with Gasteiger partial charge in [0.2, 0.25) is 11.8 Å². The van der Waals surface area contributed by atoms with Crippen molar-refractivity contribution in [1.82, 2.24) is 10.2 Å². The number of phenolic OH excluding ortho intramolecular Hbond substituents is 1. The smallest absolute Gasteiger partial charge is 0.244 e. The van der Waals surface area contributed by atoms with Gasteiger partial charge in [0, 0.05) is 31.4 Å². The number of likely N-dealkylation sites (tertiary alicyclic amines) is 1. The molecule has 1 atom stereocenters. The predicted molar refractivity (Wildman–Crippen MR) is 128 cm³/mol. The van der Waals surface area contributed by atoms with E-state index in [1.54, 1.807) is 29.2 Å². The fourth-order valence-corrected chi connectivity index (χ4v) is 4.14. The minimum absolute atomic E-state index is 0.0103. The molecule has 33 heavy (non-hydrogen) atoms. The number of hydrogen-bond acceptors (Lipinski definition) is 5. The first kappa shape index (κ1) is 24.3. The van der Waals surface area contributed by atoms with E-state index in [1.807, 2.05) is 38.1 Å². The highest BCUT2D eigenvalue weighted by Gasteiger charge is 2.30. The summed E-state index contributed by atoms with van der Waals surface area (Å²) in [6, 6.07) is 16.4. The Labute approximate surface area is 195 Å². The maximum absolute atomic E-state index is 13.3. The van der Waals surface area contributed by atoms with Crippen LogP contribution in [0.25, 0.3) is 0 Å². The zero-order chi connectivity index (χ0) is 23.8. The molecular weight excluding hydrogens is 416 g/mol. The third kappa shape index (κ3) is 6.80.